The fraction of sp³-hybridized carbons (Fsp3) is 0.125. The van der Waals surface area contributed by atoms with Gasteiger partial charge in [-0.15, -0.1) is 0 Å². The molecule has 0 heterocycles. The molecule has 0 fully saturated rings. The van der Waals surface area contributed by atoms with E-state index in [4.69, 9.17) is 33.7 Å². The molecule has 1 amide bonds. The molecule has 0 saturated heterocycles. The molecule has 0 radical (unpaired) electrons. The van der Waals surface area contributed by atoms with Crippen LogP contribution in [0.1, 0.15) is 17.3 Å². The Morgan fingerprint density at radius 2 is 1.79 bits per heavy atom. The number of hydrogen-bond acceptors (Lipinski definition) is 5. The van der Waals surface area contributed by atoms with Crippen molar-refractivity contribution < 1.29 is 19.4 Å². The Balaban J connectivity index is 2.05. The molecule has 0 aliphatic heterocycles. The van der Waals surface area contributed by atoms with Gasteiger partial charge < -0.3 is 20.9 Å². The van der Waals surface area contributed by atoms with Crippen molar-refractivity contribution >= 4 is 46.5 Å². The molecular weight excluding hydrogens is 355 g/mol. The Kier molecular flexibility index (Phi) is 5.54. The molecule has 0 aliphatic rings. The predicted molar refractivity (Wildman–Crippen MR) is 92.5 cm³/mol. The molecule has 1 unspecified atom stereocenters. The zero-order valence-electron chi connectivity index (χ0n) is 12.5. The Bertz CT molecular complexity index is 775. The lowest BCUT2D eigenvalue weighted by molar-refractivity contribution is -0.123. The van der Waals surface area contributed by atoms with E-state index in [1.165, 1.54) is 43.3 Å². The average Bonchev–Trinajstić information content (AvgIpc) is 2.48. The molecule has 2 aromatic carbocycles. The number of carbonyl (C=O) groups excluding carboxylic acids is 2. The van der Waals surface area contributed by atoms with Crippen LogP contribution in [0.2, 0.25) is 10.0 Å². The molecule has 0 spiro atoms. The topological polar surface area (TPSA) is 102 Å². The Labute approximate surface area is 148 Å². The number of aromatic hydroxyl groups is 1. The largest absolute Gasteiger partial charge is 0.508 e. The monoisotopic (exact) mass is 368 g/mol. The van der Waals surface area contributed by atoms with Gasteiger partial charge in [-0.05, 0) is 43.3 Å². The maximum Gasteiger partial charge on any atom is 0.341 e. The fourth-order valence-electron chi connectivity index (χ4n) is 1.87. The Hall–Kier alpha value is -2.44. The second kappa shape index (κ2) is 7.42. The molecule has 4 N–H and O–H groups in total. The van der Waals surface area contributed by atoms with Crippen LogP contribution < -0.4 is 11.1 Å². The first-order valence-electron chi connectivity index (χ1n) is 6.82. The highest BCUT2D eigenvalue weighted by Crippen LogP contribution is 2.23. The lowest BCUT2D eigenvalue weighted by Gasteiger charge is -2.14. The summed E-state index contributed by atoms with van der Waals surface area (Å²) in [6, 6.07) is 8.40. The Morgan fingerprint density at radius 3 is 2.42 bits per heavy atom. The third-order valence-electron chi connectivity index (χ3n) is 3.04. The molecule has 6 nitrogen and oxygen atoms in total. The highest BCUT2D eigenvalue weighted by atomic mass is 35.5. The van der Waals surface area contributed by atoms with E-state index in [1.807, 2.05) is 0 Å². The van der Waals surface area contributed by atoms with Crippen molar-refractivity contribution in [3.8, 4) is 5.75 Å². The van der Waals surface area contributed by atoms with Gasteiger partial charge in [-0.3, -0.25) is 4.79 Å². The summed E-state index contributed by atoms with van der Waals surface area (Å²) in [5, 5.41) is 12.7. The van der Waals surface area contributed by atoms with E-state index in [1.54, 1.807) is 0 Å². The predicted octanol–water partition coefficient (Wildman–Crippen LogP) is 3.47. The van der Waals surface area contributed by atoms with Crippen molar-refractivity contribution in [3.05, 3.63) is 52.0 Å². The molecule has 8 heteroatoms. The van der Waals surface area contributed by atoms with Crippen LogP contribution in [0, 0.1) is 0 Å². The molecule has 1 atom stereocenters. The smallest absolute Gasteiger partial charge is 0.341 e. The van der Waals surface area contributed by atoms with Gasteiger partial charge in [0.05, 0.1) is 5.56 Å². The highest BCUT2D eigenvalue weighted by molar-refractivity contribution is 6.35. The number of ether oxygens (including phenoxy) is 1. The maximum absolute atomic E-state index is 12.1. The summed E-state index contributed by atoms with van der Waals surface area (Å²) in [5.74, 6) is -1.53. The van der Waals surface area contributed by atoms with Gasteiger partial charge in [0.15, 0.2) is 6.10 Å². The molecule has 0 aliphatic carbocycles. The number of esters is 1. The SMILES string of the molecule is CC(OC(=O)c1cc(O)ccc1N)C(=O)Nc1cc(Cl)cc(Cl)c1. The van der Waals surface area contributed by atoms with E-state index < -0.39 is 18.0 Å². The number of phenolic OH excluding ortho intramolecular Hbond substituents is 1. The van der Waals surface area contributed by atoms with Crippen LogP contribution in [0.25, 0.3) is 0 Å². The summed E-state index contributed by atoms with van der Waals surface area (Å²) in [6.07, 6.45) is -1.10. The summed E-state index contributed by atoms with van der Waals surface area (Å²) in [5.41, 5.74) is 6.13. The van der Waals surface area contributed by atoms with E-state index in [9.17, 15) is 14.7 Å². The van der Waals surface area contributed by atoms with E-state index >= 15 is 0 Å². The number of rotatable bonds is 4. The van der Waals surface area contributed by atoms with Crippen LogP contribution in [0.3, 0.4) is 0 Å². The number of benzene rings is 2. The summed E-state index contributed by atoms with van der Waals surface area (Å²) in [4.78, 5) is 24.2. The van der Waals surface area contributed by atoms with Crippen molar-refractivity contribution in [1.29, 1.82) is 0 Å². The van der Waals surface area contributed by atoms with Gasteiger partial charge in [0.2, 0.25) is 0 Å². The molecule has 0 saturated carbocycles. The van der Waals surface area contributed by atoms with Gasteiger partial charge in [0.25, 0.3) is 5.91 Å². The van der Waals surface area contributed by atoms with E-state index in [0.717, 1.165) is 0 Å². The number of anilines is 2. The number of nitrogens with one attached hydrogen (secondary N) is 1. The second-order valence-electron chi connectivity index (χ2n) is 4.97. The minimum atomic E-state index is -1.10. The molecule has 0 aromatic heterocycles. The normalized spacial score (nSPS) is 11.6. The molecule has 2 rings (SSSR count). The van der Waals surface area contributed by atoms with Gasteiger partial charge in [-0.2, -0.15) is 0 Å². The van der Waals surface area contributed by atoms with Gasteiger partial charge >= 0.3 is 5.97 Å². The lowest BCUT2D eigenvalue weighted by atomic mass is 10.1. The van der Waals surface area contributed by atoms with E-state index in [0.29, 0.717) is 15.7 Å². The van der Waals surface area contributed by atoms with Gasteiger partial charge in [0, 0.05) is 21.4 Å². The lowest BCUT2D eigenvalue weighted by Crippen LogP contribution is -2.30. The zero-order valence-corrected chi connectivity index (χ0v) is 14.1. The summed E-state index contributed by atoms with van der Waals surface area (Å²) < 4.78 is 5.06. The minimum absolute atomic E-state index is 0.0274. The third-order valence-corrected chi connectivity index (χ3v) is 3.48. The Morgan fingerprint density at radius 1 is 1.17 bits per heavy atom. The number of halogens is 2. The molecule has 24 heavy (non-hydrogen) atoms. The standard InChI is InChI=1S/C16H14Cl2N2O4/c1-8(15(22)20-11-5-9(17)4-10(18)6-11)24-16(23)13-7-12(21)2-3-14(13)19/h2-8,21H,19H2,1H3,(H,20,22). The first-order valence-corrected chi connectivity index (χ1v) is 7.58. The molecular formula is C16H14Cl2N2O4. The van der Waals surface area contributed by atoms with Crippen LogP contribution in [0.5, 0.6) is 5.75 Å². The third kappa shape index (κ3) is 4.53. The fourth-order valence-corrected chi connectivity index (χ4v) is 2.39. The van der Waals surface area contributed by atoms with Crippen LogP contribution >= 0.6 is 23.2 Å². The number of nitrogens with two attached hydrogens (primary N) is 1. The highest BCUT2D eigenvalue weighted by Gasteiger charge is 2.21. The van der Waals surface area contributed by atoms with E-state index in [2.05, 4.69) is 5.32 Å². The quantitative estimate of drug-likeness (QED) is 0.435. The van der Waals surface area contributed by atoms with Crippen LogP contribution in [-0.2, 0) is 9.53 Å². The van der Waals surface area contributed by atoms with Crippen LogP contribution in [0.15, 0.2) is 36.4 Å². The summed E-state index contributed by atoms with van der Waals surface area (Å²) >= 11 is 11.7. The number of amides is 1. The van der Waals surface area contributed by atoms with Crippen molar-refractivity contribution in [2.75, 3.05) is 11.1 Å². The van der Waals surface area contributed by atoms with Crippen LogP contribution in [0.4, 0.5) is 11.4 Å². The van der Waals surface area contributed by atoms with Gasteiger partial charge in [0.1, 0.15) is 5.75 Å². The van der Waals surface area contributed by atoms with Crippen molar-refractivity contribution in [3.63, 3.8) is 0 Å². The maximum atomic E-state index is 12.1. The zero-order chi connectivity index (χ0) is 17.9. The molecule has 2 aromatic rings. The van der Waals surface area contributed by atoms with Crippen molar-refractivity contribution in [2.45, 2.75) is 13.0 Å². The van der Waals surface area contributed by atoms with Crippen molar-refractivity contribution in [2.24, 2.45) is 0 Å². The number of nitrogen functional groups attached to an aromatic ring is 1. The summed E-state index contributed by atoms with van der Waals surface area (Å²) in [7, 11) is 0. The number of carbonyl (C=O) groups is 2. The summed E-state index contributed by atoms with van der Waals surface area (Å²) in [6.45, 7) is 1.40. The average molecular weight is 369 g/mol. The van der Waals surface area contributed by atoms with Gasteiger partial charge in [-0.1, -0.05) is 23.2 Å². The molecule has 0 bridgehead atoms. The van der Waals surface area contributed by atoms with E-state index in [-0.39, 0.29) is 17.0 Å². The number of phenols is 1. The van der Waals surface area contributed by atoms with Crippen molar-refractivity contribution in [1.82, 2.24) is 0 Å². The first kappa shape index (κ1) is 17.9. The minimum Gasteiger partial charge on any atom is -0.508 e. The first-order chi connectivity index (χ1) is 11.3. The van der Waals surface area contributed by atoms with Crippen LogP contribution in [-0.4, -0.2) is 23.1 Å². The second-order valence-corrected chi connectivity index (χ2v) is 5.84. The molecule has 126 valence electrons. The number of hydrogen-bond donors (Lipinski definition) is 3. The van der Waals surface area contributed by atoms with Gasteiger partial charge in [-0.25, -0.2) is 4.79 Å².